The number of carbonyl (C=O) groups excluding carboxylic acids is 2. The number of nitrogens with one attached hydrogen (secondary N) is 1. The van der Waals surface area contributed by atoms with Gasteiger partial charge in [0.15, 0.2) is 12.4 Å². The smallest absolute Gasteiger partial charge is 0.261 e. The highest BCUT2D eigenvalue weighted by molar-refractivity contribution is 5.95. The Morgan fingerprint density at radius 3 is 2.76 bits per heavy atom. The second-order valence-corrected chi connectivity index (χ2v) is 9.44. The van der Waals surface area contributed by atoms with Crippen molar-refractivity contribution in [3.05, 3.63) is 66.0 Å². The van der Waals surface area contributed by atoms with Crippen LogP contribution in [0.25, 0.3) is 11.4 Å². The van der Waals surface area contributed by atoms with Gasteiger partial charge in [0.1, 0.15) is 11.6 Å². The minimum atomic E-state index is -0.188. The van der Waals surface area contributed by atoms with Crippen LogP contribution in [0.4, 0.5) is 0 Å². The molecule has 5 rings (SSSR count). The Hall–Kier alpha value is -3.72. The highest BCUT2D eigenvalue weighted by Crippen LogP contribution is 2.30. The van der Waals surface area contributed by atoms with Crippen molar-refractivity contribution in [3.8, 4) is 17.1 Å². The molecule has 2 amide bonds. The largest absolute Gasteiger partial charge is 0.484 e. The monoisotopic (exact) mass is 503 g/mol. The van der Waals surface area contributed by atoms with Crippen molar-refractivity contribution in [2.75, 3.05) is 32.8 Å². The van der Waals surface area contributed by atoms with Gasteiger partial charge >= 0.3 is 0 Å². The molecule has 3 aromatic rings. The van der Waals surface area contributed by atoms with Crippen molar-refractivity contribution >= 4 is 11.8 Å². The molecule has 2 atom stereocenters. The van der Waals surface area contributed by atoms with Crippen LogP contribution in [0, 0.1) is 0 Å². The van der Waals surface area contributed by atoms with E-state index in [1.165, 1.54) is 0 Å². The molecule has 2 fully saturated rings. The van der Waals surface area contributed by atoms with Crippen molar-refractivity contribution < 1.29 is 19.1 Å². The van der Waals surface area contributed by atoms with Gasteiger partial charge in [0.25, 0.3) is 11.8 Å². The lowest BCUT2D eigenvalue weighted by Crippen LogP contribution is -2.41. The summed E-state index contributed by atoms with van der Waals surface area (Å²) in [6.45, 7) is 4.56. The number of nitrogens with zero attached hydrogens (tertiary/aromatic N) is 4. The molecule has 2 saturated heterocycles. The Morgan fingerprint density at radius 2 is 1.92 bits per heavy atom. The van der Waals surface area contributed by atoms with E-state index in [0.717, 1.165) is 31.2 Å². The Labute approximate surface area is 216 Å². The van der Waals surface area contributed by atoms with Gasteiger partial charge in [0, 0.05) is 37.4 Å². The standard InChI is InChI=1S/C28H33N5O4/c1-2-36-23-14-16-32(18-23)28(35)21-10-8-9-20(17-21)26-29-27(31-30-26)24-13-6-7-15-33(24)25(34)19-37-22-11-4-3-5-12-22/h3-5,8-12,17,23-24H,2,6-7,13-16,18-19H2,1H3,(H,29,30,31)/t23-,24+/m0/s1. The third-order valence-corrected chi connectivity index (χ3v) is 6.95. The van der Waals surface area contributed by atoms with Crippen molar-refractivity contribution in [2.45, 2.75) is 44.8 Å². The summed E-state index contributed by atoms with van der Waals surface area (Å²) < 4.78 is 11.4. The van der Waals surface area contributed by atoms with Crippen LogP contribution in [0.1, 0.15) is 54.8 Å². The van der Waals surface area contributed by atoms with E-state index in [9.17, 15) is 9.59 Å². The quantitative estimate of drug-likeness (QED) is 0.501. The average molecular weight is 504 g/mol. The summed E-state index contributed by atoms with van der Waals surface area (Å²) >= 11 is 0. The van der Waals surface area contributed by atoms with Gasteiger partial charge < -0.3 is 19.3 Å². The number of likely N-dealkylation sites (tertiary alicyclic amines) is 2. The number of piperidine rings is 1. The second-order valence-electron chi connectivity index (χ2n) is 9.44. The molecule has 0 bridgehead atoms. The summed E-state index contributed by atoms with van der Waals surface area (Å²) in [5, 5.41) is 7.48. The van der Waals surface area contributed by atoms with Gasteiger partial charge in [-0.05, 0) is 56.9 Å². The van der Waals surface area contributed by atoms with Gasteiger partial charge in [-0.25, -0.2) is 4.98 Å². The minimum Gasteiger partial charge on any atom is -0.484 e. The third kappa shape index (κ3) is 5.83. The van der Waals surface area contributed by atoms with Crippen LogP contribution in [-0.2, 0) is 9.53 Å². The number of rotatable bonds is 8. The molecule has 0 spiro atoms. The molecule has 194 valence electrons. The van der Waals surface area contributed by atoms with Gasteiger partial charge in [-0.15, -0.1) is 0 Å². The fraction of sp³-hybridized carbons (Fsp3) is 0.429. The zero-order valence-corrected chi connectivity index (χ0v) is 21.1. The molecule has 1 aromatic heterocycles. The van der Waals surface area contributed by atoms with E-state index in [4.69, 9.17) is 14.5 Å². The van der Waals surface area contributed by atoms with Crippen LogP contribution in [0.15, 0.2) is 54.6 Å². The molecule has 9 heteroatoms. The second kappa shape index (κ2) is 11.6. The Morgan fingerprint density at radius 1 is 1.05 bits per heavy atom. The lowest BCUT2D eigenvalue weighted by atomic mass is 10.0. The molecule has 0 saturated carbocycles. The first kappa shape index (κ1) is 25.0. The van der Waals surface area contributed by atoms with Crippen LogP contribution >= 0.6 is 0 Å². The van der Waals surface area contributed by atoms with E-state index in [1.807, 2.05) is 71.3 Å². The molecule has 2 aliphatic rings. The predicted molar refractivity (Wildman–Crippen MR) is 138 cm³/mol. The number of para-hydroxylation sites is 1. The van der Waals surface area contributed by atoms with Crippen molar-refractivity contribution in [1.82, 2.24) is 25.0 Å². The van der Waals surface area contributed by atoms with Gasteiger partial charge in [0.2, 0.25) is 0 Å². The van der Waals surface area contributed by atoms with Crippen LogP contribution in [-0.4, -0.2) is 75.7 Å². The summed E-state index contributed by atoms with van der Waals surface area (Å²) in [4.78, 5) is 34.5. The fourth-order valence-electron chi connectivity index (χ4n) is 5.07. The number of carbonyl (C=O) groups is 2. The number of aromatic amines is 1. The van der Waals surface area contributed by atoms with E-state index in [-0.39, 0.29) is 30.6 Å². The molecule has 0 unspecified atom stereocenters. The summed E-state index contributed by atoms with van der Waals surface area (Å²) in [7, 11) is 0. The molecule has 2 aromatic carbocycles. The Balaban J connectivity index is 1.27. The van der Waals surface area contributed by atoms with Gasteiger partial charge in [-0.2, -0.15) is 5.10 Å². The molecule has 0 aliphatic carbocycles. The highest BCUT2D eigenvalue weighted by atomic mass is 16.5. The molecular formula is C28H33N5O4. The number of aromatic nitrogens is 3. The summed E-state index contributed by atoms with van der Waals surface area (Å²) in [5.74, 6) is 1.75. The van der Waals surface area contributed by atoms with Crippen molar-refractivity contribution in [3.63, 3.8) is 0 Å². The first-order chi connectivity index (χ1) is 18.1. The molecule has 0 radical (unpaired) electrons. The van der Waals surface area contributed by atoms with E-state index < -0.39 is 0 Å². The molecular weight excluding hydrogens is 470 g/mol. The normalized spacial score (nSPS) is 19.7. The van der Waals surface area contributed by atoms with Crippen molar-refractivity contribution in [1.29, 1.82) is 0 Å². The maximum absolute atomic E-state index is 13.1. The van der Waals surface area contributed by atoms with Crippen molar-refractivity contribution in [2.24, 2.45) is 0 Å². The maximum atomic E-state index is 13.1. The van der Waals surface area contributed by atoms with E-state index in [1.54, 1.807) is 0 Å². The number of hydrogen-bond donors (Lipinski definition) is 1. The third-order valence-electron chi connectivity index (χ3n) is 6.95. The zero-order valence-electron chi connectivity index (χ0n) is 21.1. The number of H-pyrrole nitrogens is 1. The highest BCUT2D eigenvalue weighted by Gasteiger charge is 2.31. The summed E-state index contributed by atoms with van der Waals surface area (Å²) in [6.07, 6.45) is 3.72. The minimum absolute atomic E-state index is 0.0118. The summed E-state index contributed by atoms with van der Waals surface area (Å²) in [6, 6.07) is 16.6. The van der Waals surface area contributed by atoms with Crippen LogP contribution in [0.5, 0.6) is 5.75 Å². The summed E-state index contributed by atoms with van der Waals surface area (Å²) in [5.41, 5.74) is 1.36. The van der Waals surface area contributed by atoms with Crippen LogP contribution < -0.4 is 4.74 Å². The SMILES string of the molecule is CCO[C@H]1CCN(C(=O)c2cccc(-c3n[nH]c([C@H]4CCCCN4C(=O)COc4ccccc4)n3)c2)C1. The lowest BCUT2D eigenvalue weighted by Gasteiger charge is -2.34. The molecule has 1 N–H and O–H groups in total. The van der Waals surface area contributed by atoms with Crippen LogP contribution in [0.3, 0.4) is 0 Å². The number of amides is 2. The maximum Gasteiger partial charge on any atom is 0.261 e. The Bertz CT molecular complexity index is 1210. The molecule has 2 aliphatic heterocycles. The predicted octanol–water partition coefficient (Wildman–Crippen LogP) is 3.86. The van der Waals surface area contributed by atoms with E-state index in [0.29, 0.717) is 49.2 Å². The fourth-order valence-corrected chi connectivity index (χ4v) is 5.07. The van der Waals surface area contributed by atoms with E-state index in [2.05, 4.69) is 10.2 Å². The number of hydrogen-bond acceptors (Lipinski definition) is 6. The first-order valence-corrected chi connectivity index (χ1v) is 13.0. The molecule has 9 nitrogen and oxygen atoms in total. The average Bonchev–Trinajstić information content (AvgIpc) is 3.63. The molecule has 3 heterocycles. The Kier molecular flexibility index (Phi) is 7.79. The molecule has 37 heavy (non-hydrogen) atoms. The first-order valence-electron chi connectivity index (χ1n) is 13.0. The van der Waals surface area contributed by atoms with Gasteiger partial charge in [-0.1, -0.05) is 30.3 Å². The number of ether oxygens (including phenoxy) is 2. The number of benzene rings is 2. The lowest BCUT2D eigenvalue weighted by molar-refractivity contribution is -0.137. The topological polar surface area (TPSA) is 101 Å². The van der Waals surface area contributed by atoms with Gasteiger partial charge in [0.05, 0.1) is 12.1 Å². The van der Waals surface area contributed by atoms with E-state index >= 15 is 0 Å². The van der Waals surface area contributed by atoms with Gasteiger partial charge in [-0.3, -0.25) is 14.7 Å². The van der Waals surface area contributed by atoms with Crippen LogP contribution in [0.2, 0.25) is 0 Å². The zero-order chi connectivity index (χ0) is 25.6.